The van der Waals surface area contributed by atoms with Gasteiger partial charge in [0.15, 0.2) is 5.65 Å². The Morgan fingerprint density at radius 1 is 1.27 bits per heavy atom. The molecular weight excluding hydrogens is 342 g/mol. The third-order valence-corrected chi connectivity index (χ3v) is 3.87. The molecule has 26 heavy (non-hydrogen) atoms. The minimum Gasteiger partial charge on any atom is -0.435 e. The number of hydrogen-bond acceptors (Lipinski definition) is 4. The third kappa shape index (κ3) is 3.96. The van der Waals surface area contributed by atoms with Crippen molar-refractivity contribution >= 4 is 11.6 Å². The first-order valence-electron chi connectivity index (χ1n) is 8.08. The van der Waals surface area contributed by atoms with E-state index in [9.17, 15) is 13.6 Å². The van der Waals surface area contributed by atoms with Crippen LogP contribution in [0.15, 0.2) is 36.5 Å². The fourth-order valence-corrected chi connectivity index (χ4v) is 2.68. The van der Waals surface area contributed by atoms with Gasteiger partial charge in [0.2, 0.25) is 0 Å². The standard InChI is InChI=1S/C18H18F2N4O2/c1-11-9-12(2)24-16(23-11)15(10-22-24)17(25)21-8-7-13-3-5-14(6-4-13)26-18(19)20/h3-6,9-10,18H,7-8H2,1-2H3,(H,21,25). The van der Waals surface area contributed by atoms with Crippen molar-refractivity contribution in [3.8, 4) is 5.75 Å². The average Bonchev–Trinajstić information content (AvgIpc) is 3.00. The molecule has 0 atom stereocenters. The van der Waals surface area contributed by atoms with Crippen LogP contribution in [-0.2, 0) is 6.42 Å². The molecule has 3 aromatic rings. The summed E-state index contributed by atoms with van der Waals surface area (Å²) in [6.07, 6.45) is 2.06. The Kier molecular flexibility index (Phi) is 5.11. The molecule has 0 aliphatic carbocycles. The Hall–Kier alpha value is -3.03. The third-order valence-electron chi connectivity index (χ3n) is 3.87. The van der Waals surface area contributed by atoms with E-state index in [0.717, 1.165) is 17.0 Å². The first-order chi connectivity index (χ1) is 12.4. The van der Waals surface area contributed by atoms with Crippen LogP contribution in [0.1, 0.15) is 27.3 Å². The van der Waals surface area contributed by atoms with E-state index in [1.807, 2.05) is 19.9 Å². The zero-order valence-corrected chi connectivity index (χ0v) is 14.4. The van der Waals surface area contributed by atoms with Crippen molar-refractivity contribution in [2.45, 2.75) is 26.9 Å². The monoisotopic (exact) mass is 360 g/mol. The predicted molar refractivity (Wildman–Crippen MR) is 91.6 cm³/mol. The molecule has 6 nitrogen and oxygen atoms in total. The summed E-state index contributed by atoms with van der Waals surface area (Å²) < 4.78 is 30.2. The summed E-state index contributed by atoms with van der Waals surface area (Å²) in [5, 5.41) is 7.03. The lowest BCUT2D eigenvalue weighted by Crippen LogP contribution is -2.25. The highest BCUT2D eigenvalue weighted by molar-refractivity contribution is 5.99. The molecule has 0 bridgehead atoms. The summed E-state index contributed by atoms with van der Waals surface area (Å²) in [7, 11) is 0. The summed E-state index contributed by atoms with van der Waals surface area (Å²) >= 11 is 0. The highest BCUT2D eigenvalue weighted by Gasteiger charge is 2.15. The number of aromatic nitrogens is 3. The number of alkyl halides is 2. The van der Waals surface area contributed by atoms with Crippen molar-refractivity contribution < 1.29 is 18.3 Å². The van der Waals surface area contributed by atoms with Gasteiger partial charge < -0.3 is 10.1 Å². The van der Waals surface area contributed by atoms with Gasteiger partial charge in [-0.15, -0.1) is 0 Å². The number of rotatable bonds is 6. The van der Waals surface area contributed by atoms with E-state index in [4.69, 9.17) is 0 Å². The highest BCUT2D eigenvalue weighted by atomic mass is 19.3. The van der Waals surface area contributed by atoms with Gasteiger partial charge in [-0.2, -0.15) is 13.9 Å². The number of amides is 1. The molecule has 0 spiro atoms. The number of ether oxygens (including phenoxy) is 1. The summed E-state index contributed by atoms with van der Waals surface area (Å²) in [5.41, 5.74) is 3.55. The Balaban J connectivity index is 1.61. The summed E-state index contributed by atoms with van der Waals surface area (Å²) in [6, 6.07) is 8.22. The number of aryl methyl sites for hydroxylation is 2. The van der Waals surface area contributed by atoms with Gasteiger partial charge in [0.25, 0.3) is 5.91 Å². The van der Waals surface area contributed by atoms with E-state index in [2.05, 4.69) is 20.1 Å². The topological polar surface area (TPSA) is 68.5 Å². The molecule has 0 fully saturated rings. The molecule has 0 saturated carbocycles. The highest BCUT2D eigenvalue weighted by Crippen LogP contribution is 2.15. The number of nitrogens with one attached hydrogen (secondary N) is 1. The van der Waals surface area contributed by atoms with Crippen molar-refractivity contribution in [2.24, 2.45) is 0 Å². The molecular formula is C18H18F2N4O2. The van der Waals surface area contributed by atoms with Crippen LogP contribution >= 0.6 is 0 Å². The van der Waals surface area contributed by atoms with Gasteiger partial charge >= 0.3 is 6.61 Å². The number of carbonyl (C=O) groups is 1. The SMILES string of the molecule is Cc1cc(C)n2ncc(C(=O)NCCc3ccc(OC(F)F)cc3)c2n1. The Labute approximate surface area is 148 Å². The molecule has 0 aliphatic rings. The molecule has 0 unspecified atom stereocenters. The second-order valence-electron chi connectivity index (χ2n) is 5.86. The second-order valence-corrected chi connectivity index (χ2v) is 5.86. The summed E-state index contributed by atoms with van der Waals surface area (Å²) in [6.45, 7) is 1.32. The van der Waals surface area contributed by atoms with E-state index in [0.29, 0.717) is 24.2 Å². The molecule has 0 aliphatic heterocycles. The molecule has 1 N–H and O–H groups in total. The average molecular weight is 360 g/mol. The zero-order valence-electron chi connectivity index (χ0n) is 14.4. The molecule has 136 valence electrons. The van der Waals surface area contributed by atoms with Crippen LogP contribution in [0.5, 0.6) is 5.75 Å². The molecule has 8 heteroatoms. The normalized spacial score (nSPS) is 11.1. The van der Waals surface area contributed by atoms with Gasteiger partial charge in [-0.3, -0.25) is 4.79 Å². The zero-order chi connectivity index (χ0) is 18.7. The first kappa shape index (κ1) is 17.8. The largest absolute Gasteiger partial charge is 0.435 e. The smallest absolute Gasteiger partial charge is 0.387 e. The molecule has 0 saturated heterocycles. The number of carbonyl (C=O) groups excluding carboxylic acids is 1. The van der Waals surface area contributed by atoms with Crippen molar-refractivity contribution in [1.82, 2.24) is 19.9 Å². The van der Waals surface area contributed by atoms with Crippen molar-refractivity contribution in [3.63, 3.8) is 0 Å². The van der Waals surface area contributed by atoms with Crippen LogP contribution in [0.4, 0.5) is 8.78 Å². The van der Waals surface area contributed by atoms with Gasteiger partial charge in [0.1, 0.15) is 11.3 Å². The van der Waals surface area contributed by atoms with Crippen LogP contribution in [0.25, 0.3) is 5.65 Å². The van der Waals surface area contributed by atoms with E-state index >= 15 is 0 Å². The maximum Gasteiger partial charge on any atom is 0.387 e. The number of benzene rings is 1. The van der Waals surface area contributed by atoms with Gasteiger partial charge in [-0.25, -0.2) is 9.50 Å². The van der Waals surface area contributed by atoms with Crippen LogP contribution in [-0.4, -0.2) is 33.7 Å². The number of halogens is 2. The van der Waals surface area contributed by atoms with Gasteiger partial charge in [-0.1, -0.05) is 12.1 Å². The number of nitrogens with zero attached hydrogens (tertiary/aromatic N) is 3. The molecule has 2 aromatic heterocycles. The van der Waals surface area contributed by atoms with E-state index in [-0.39, 0.29) is 11.7 Å². The fraction of sp³-hybridized carbons (Fsp3) is 0.278. The maximum absolute atomic E-state index is 12.4. The number of hydrogen-bond donors (Lipinski definition) is 1. The lowest BCUT2D eigenvalue weighted by Gasteiger charge is -2.07. The minimum atomic E-state index is -2.84. The molecule has 3 rings (SSSR count). The molecule has 0 radical (unpaired) electrons. The number of fused-ring (bicyclic) bond motifs is 1. The van der Waals surface area contributed by atoms with Gasteiger partial charge in [0, 0.05) is 17.9 Å². The van der Waals surface area contributed by atoms with Gasteiger partial charge in [0.05, 0.1) is 6.20 Å². The maximum atomic E-state index is 12.4. The lowest BCUT2D eigenvalue weighted by atomic mass is 10.1. The van der Waals surface area contributed by atoms with Crippen LogP contribution < -0.4 is 10.1 Å². The minimum absolute atomic E-state index is 0.107. The summed E-state index contributed by atoms with van der Waals surface area (Å²) in [5.74, 6) is -0.147. The van der Waals surface area contributed by atoms with Crippen LogP contribution in [0, 0.1) is 13.8 Å². The lowest BCUT2D eigenvalue weighted by molar-refractivity contribution is -0.0498. The van der Waals surface area contributed by atoms with Crippen LogP contribution in [0.3, 0.4) is 0 Å². The van der Waals surface area contributed by atoms with Crippen molar-refractivity contribution in [1.29, 1.82) is 0 Å². The van der Waals surface area contributed by atoms with Crippen LogP contribution in [0.2, 0.25) is 0 Å². The quantitative estimate of drug-likeness (QED) is 0.734. The Morgan fingerprint density at radius 3 is 2.69 bits per heavy atom. The second kappa shape index (κ2) is 7.47. The molecule has 2 heterocycles. The summed E-state index contributed by atoms with van der Waals surface area (Å²) in [4.78, 5) is 16.8. The van der Waals surface area contributed by atoms with E-state index in [1.54, 1.807) is 16.6 Å². The van der Waals surface area contributed by atoms with Crippen molar-refractivity contribution in [2.75, 3.05) is 6.54 Å². The van der Waals surface area contributed by atoms with Crippen molar-refractivity contribution in [3.05, 3.63) is 59.0 Å². The Morgan fingerprint density at radius 2 is 2.00 bits per heavy atom. The van der Waals surface area contributed by atoms with E-state index in [1.165, 1.54) is 18.3 Å². The molecule has 1 aromatic carbocycles. The first-order valence-corrected chi connectivity index (χ1v) is 8.08. The van der Waals surface area contributed by atoms with E-state index < -0.39 is 6.61 Å². The Bertz CT molecular complexity index is 923. The molecule has 1 amide bonds. The predicted octanol–water partition coefficient (Wildman–Crippen LogP) is 2.92. The van der Waals surface area contributed by atoms with Gasteiger partial charge in [-0.05, 0) is 44.0 Å². The fourth-order valence-electron chi connectivity index (χ4n) is 2.68.